The Bertz CT molecular complexity index is 928. The number of ketones is 1. The molecule has 3 heteroatoms. The van der Waals surface area contributed by atoms with Gasteiger partial charge in [0.25, 0.3) is 0 Å². The van der Waals surface area contributed by atoms with E-state index in [1.54, 1.807) is 6.07 Å². The van der Waals surface area contributed by atoms with E-state index in [2.05, 4.69) is 50.3 Å². The van der Waals surface area contributed by atoms with Crippen LogP contribution in [-0.4, -0.2) is 16.9 Å². The van der Waals surface area contributed by atoms with Gasteiger partial charge in [0, 0.05) is 11.5 Å². The van der Waals surface area contributed by atoms with Gasteiger partial charge in [-0.25, -0.2) is 0 Å². The van der Waals surface area contributed by atoms with Crippen LogP contribution in [0.2, 0.25) is 0 Å². The monoisotopic (exact) mass is 378 g/mol. The number of carbonyl (C=O) groups is 2. The van der Waals surface area contributed by atoms with Gasteiger partial charge in [0.15, 0.2) is 5.78 Å². The minimum Gasteiger partial charge on any atom is -0.481 e. The molecule has 0 spiro atoms. The number of Topliss-reactive ketones (excluding diaryl/α,β-unsaturated/α-hetero) is 1. The normalized spacial score (nSPS) is 12.9. The van der Waals surface area contributed by atoms with Crippen molar-refractivity contribution in [3.63, 3.8) is 0 Å². The molecule has 1 unspecified atom stereocenters. The Balaban J connectivity index is 2.46. The maximum absolute atomic E-state index is 12.7. The Hall–Kier alpha value is -2.68. The second kappa shape index (κ2) is 9.01. The Morgan fingerprint density at radius 1 is 1.07 bits per heavy atom. The van der Waals surface area contributed by atoms with Crippen LogP contribution in [0.15, 0.2) is 60.2 Å². The van der Waals surface area contributed by atoms with Crippen LogP contribution in [0.4, 0.5) is 0 Å². The lowest BCUT2D eigenvalue weighted by atomic mass is 9.83. The molecule has 1 atom stereocenters. The van der Waals surface area contributed by atoms with E-state index in [1.165, 1.54) is 25.0 Å². The third kappa shape index (κ3) is 4.98. The molecule has 3 nitrogen and oxygen atoms in total. The van der Waals surface area contributed by atoms with Crippen molar-refractivity contribution >= 4 is 22.5 Å². The summed E-state index contributed by atoms with van der Waals surface area (Å²) in [6.45, 7) is 9.14. The van der Waals surface area contributed by atoms with Gasteiger partial charge in [0.1, 0.15) is 5.41 Å². The summed E-state index contributed by atoms with van der Waals surface area (Å²) in [6, 6.07) is 11.8. The van der Waals surface area contributed by atoms with E-state index < -0.39 is 11.4 Å². The van der Waals surface area contributed by atoms with Gasteiger partial charge in [-0.1, -0.05) is 54.1 Å². The van der Waals surface area contributed by atoms with E-state index in [1.807, 2.05) is 19.1 Å². The fraction of sp³-hybridized carbons (Fsp3) is 0.360. The molecule has 0 fully saturated rings. The first-order valence-electron chi connectivity index (χ1n) is 9.75. The maximum Gasteiger partial charge on any atom is 0.316 e. The molecule has 0 aliphatic carbocycles. The van der Waals surface area contributed by atoms with Crippen LogP contribution < -0.4 is 0 Å². The van der Waals surface area contributed by atoms with Gasteiger partial charge in [-0.05, 0) is 69.9 Å². The van der Waals surface area contributed by atoms with Crippen LogP contribution in [0.1, 0.15) is 69.3 Å². The minimum absolute atomic E-state index is 0.306. The molecule has 2 rings (SSSR count). The molecule has 28 heavy (non-hydrogen) atoms. The van der Waals surface area contributed by atoms with Crippen molar-refractivity contribution in [3.05, 3.63) is 71.3 Å². The van der Waals surface area contributed by atoms with Crippen molar-refractivity contribution in [2.75, 3.05) is 0 Å². The second-order valence-electron chi connectivity index (χ2n) is 8.08. The van der Waals surface area contributed by atoms with Gasteiger partial charge in [-0.2, -0.15) is 0 Å². The number of benzene rings is 2. The highest BCUT2D eigenvalue weighted by molar-refractivity contribution is 6.12. The lowest BCUT2D eigenvalue weighted by Gasteiger charge is -2.18. The fourth-order valence-electron chi connectivity index (χ4n) is 3.29. The molecule has 0 saturated heterocycles. The molecular weight excluding hydrogens is 348 g/mol. The van der Waals surface area contributed by atoms with Crippen LogP contribution in [0.25, 0.3) is 10.8 Å². The van der Waals surface area contributed by atoms with Crippen LogP contribution in [0.5, 0.6) is 0 Å². The number of hydrogen-bond donors (Lipinski definition) is 1. The number of fused-ring (bicyclic) bond motifs is 1. The smallest absolute Gasteiger partial charge is 0.316 e. The largest absolute Gasteiger partial charge is 0.481 e. The van der Waals surface area contributed by atoms with Gasteiger partial charge in [-0.15, -0.1) is 0 Å². The molecule has 0 radical (unpaired) electrons. The predicted octanol–water partition coefficient (Wildman–Crippen LogP) is 6.54. The summed E-state index contributed by atoms with van der Waals surface area (Å²) >= 11 is 0. The van der Waals surface area contributed by atoms with E-state index in [9.17, 15) is 14.7 Å². The van der Waals surface area contributed by atoms with Crippen molar-refractivity contribution in [1.29, 1.82) is 0 Å². The van der Waals surface area contributed by atoms with Crippen LogP contribution in [0, 0.1) is 5.41 Å². The highest BCUT2D eigenvalue weighted by Gasteiger charge is 2.36. The third-order valence-electron chi connectivity index (χ3n) is 5.07. The van der Waals surface area contributed by atoms with E-state index in [-0.39, 0.29) is 5.78 Å². The highest BCUT2D eigenvalue weighted by atomic mass is 16.4. The summed E-state index contributed by atoms with van der Waals surface area (Å²) in [5.74, 6) is -1.18. The van der Waals surface area contributed by atoms with Crippen molar-refractivity contribution in [1.82, 2.24) is 0 Å². The Labute approximate surface area is 167 Å². The first-order valence-corrected chi connectivity index (χ1v) is 9.75. The second-order valence-corrected chi connectivity index (χ2v) is 8.08. The topological polar surface area (TPSA) is 54.4 Å². The number of aliphatic carboxylic acids is 1. The fourth-order valence-corrected chi connectivity index (χ4v) is 3.29. The van der Waals surface area contributed by atoms with E-state index >= 15 is 0 Å². The van der Waals surface area contributed by atoms with Gasteiger partial charge in [0.2, 0.25) is 0 Å². The summed E-state index contributed by atoms with van der Waals surface area (Å²) < 4.78 is 0. The Morgan fingerprint density at radius 3 is 2.36 bits per heavy atom. The van der Waals surface area contributed by atoms with Gasteiger partial charge in [0.05, 0.1) is 0 Å². The molecule has 0 bridgehead atoms. The van der Waals surface area contributed by atoms with Crippen LogP contribution >= 0.6 is 0 Å². The van der Waals surface area contributed by atoms with E-state index in [0.29, 0.717) is 11.5 Å². The van der Waals surface area contributed by atoms with Crippen LogP contribution in [-0.2, 0) is 4.79 Å². The highest BCUT2D eigenvalue weighted by Crippen LogP contribution is 2.30. The van der Waals surface area contributed by atoms with Crippen molar-refractivity contribution in [2.24, 2.45) is 5.41 Å². The Morgan fingerprint density at radius 2 is 1.75 bits per heavy atom. The average molecular weight is 379 g/mol. The maximum atomic E-state index is 12.7. The van der Waals surface area contributed by atoms with Crippen molar-refractivity contribution in [2.45, 2.75) is 53.4 Å². The lowest BCUT2D eigenvalue weighted by Crippen LogP contribution is -2.33. The number of carboxylic acids is 1. The third-order valence-corrected chi connectivity index (χ3v) is 5.07. The average Bonchev–Trinajstić information content (AvgIpc) is 2.65. The van der Waals surface area contributed by atoms with Crippen molar-refractivity contribution in [3.8, 4) is 0 Å². The lowest BCUT2D eigenvalue weighted by molar-refractivity contribution is -0.144. The standard InChI is InChI=1S/C25H30O3/c1-6-7-8-9-19(14-17(2)3)20-12-10-18-11-13-21(16-22(18)15-20)23(26)25(4,5)24(27)28/h6-7,10-16,19H,8-9H2,1-5H3,(H,27,28). The molecule has 148 valence electrons. The van der Waals surface area contributed by atoms with Gasteiger partial charge < -0.3 is 5.11 Å². The number of rotatable bonds is 8. The number of hydrogen-bond acceptors (Lipinski definition) is 2. The molecule has 0 aliphatic rings. The first-order chi connectivity index (χ1) is 13.2. The molecule has 0 heterocycles. The Kier molecular flexibility index (Phi) is 6.95. The minimum atomic E-state index is -1.44. The summed E-state index contributed by atoms with van der Waals surface area (Å²) in [6.07, 6.45) is 8.56. The number of carbonyl (C=O) groups excluding carboxylic acids is 1. The molecule has 2 aromatic rings. The zero-order valence-corrected chi connectivity index (χ0v) is 17.5. The van der Waals surface area contributed by atoms with Gasteiger partial charge in [-0.3, -0.25) is 9.59 Å². The molecule has 0 aliphatic heterocycles. The molecule has 0 amide bonds. The molecule has 0 aromatic heterocycles. The quantitative estimate of drug-likeness (QED) is 0.322. The molecular formula is C25H30O3. The van der Waals surface area contributed by atoms with Crippen molar-refractivity contribution < 1.29 is 14.7 Å². The number of carboxylic acid groups (broad SMARTS) is 1. The zero-order chi connectivity index (χ0) is 20.9. The summed E-state index contributed by atoms with van der Waals surface area (Å²) in [5.41, 5.74) is 1.48. The number of allylic oxidation sites excluding steroid dienone is 4. The van der Waals surface area contributed by atoms with Gasteiger partial charge >= 0.3 is 5.97 Å². The summed E-state index contributed by atoms with van der Waals surface area (Å²) in [7, 11) is 0. The summed E-state index contributed by atoms with van der Waals surface area (Å²) in [4.78, 5) is 24.1. The van der Waals surface area contributed by atoms with Crippen LogP contribution in [0.3, 0.4) is 0 Å². The van der Waals surface area contributed by atoms with E-state index in [4.69, 9.17) is 0 Å². The molecule has 2 aromatic carbocycles. The predicted molar refractivity (Wildman–Crippen MR) is 116 cm³/mol. The van der Waals surface area contributed by atoms with E-state index in [0.717, 1.165) is 23.6 Å². The molecule has 0 saturated carbocycles. The zero-order valence-electron chi connectivity index (χ0n) is 17.5. The molecule has 1 N–H and O–H groups in total. The summed E-state index contributed by atoms with van der Waals surface area (Å²) in [5, 5.41) is 11.4. The SMILES string of the molecule is CC=CCCC(C=C(C)C)c1ccc2ccc(C(=O)C(C)(C)C(=O)O)cc2c1. The first kappa shape index (κ1) is 21.6.